The number of hydrogen-bond acceptors (Lipinski definition) is 4. The fourth-order valence-corrected chi connectivity index (χ4v) is 3.62. The highest BCUT2D eigenvalue weighted by atomic mass is 32.2. The van der Waals surface area contributed by atoms with Gasteiger partial charge < -0.3 is 10.1 Å². The van der Waals surface area contributed by atoms with E-state index in [1.54, 1.807) is 19.2 Å². The van der Waals surface area contributed by atoms with E-state index in [0.717, 1.165) is 16.9 Å². The summed E-state index contributed by atoms with van der Waals surface area (Å²) in [6, 6.07) is 11.8. The Morgan fingerprint density at radius 2 is 2.00 bits per heavy atom. The molecule has 144 valence electrons. The van der Waals surface area contributed by atoms with E-state index in [0.29, 0.717) is 13.0 Å². The summed E-state index contributed by atoms with van der Waals surface area (Å²) in [5, 5.41) is 2.81. The fourth-order valence-electron chi connectivity index (χ4n) is 2.57. The molecule has 27 heavy (non-hydrogen) atoms. The van der Waals surface area contributed by atoms with Crippen molar-refractivity contribution in [1.82, 2.24) is 10.0 Å². The Balaban J connectivity index is 2.04. The molecule has 2 aromatic rings. The maximum Gasteiger partial charge on any atom is 0.251 e. The summed E-state index contributed by atoms with van der Waals surface area (Å²) < 4.78 is 32.0. The minimum Gasteiger partial charge on any atom is -0.496 e. The van der Waals surface area contributed by atoms with Crippen molar-refractivity contribution in [2.75, 3.05) is 20.2 Å². The average Bonchev–Trinajstić information content (AvgIpc) is 2.66. The van der Waals surface area contributed by atoms with Crippen LogP contribution in [0.25, 0.3) is 0 Å². The normalized spacial score (nSPS) is 11.0. The zero-order valence-electron chi connectivity index (χ0n) is 15.5. The van der Waals surface area contributed by atoms with E-state index < -0.39 is 10.0 Å². The monoisotopic (exact) mass is 388 g/mol. The molecule has 2 N–H and O–H groups in total. The molecule has 0 bridgehead atoms. The van der Waals surface area contributed by atoms with E-state index in [1.165, 1.54) is 18.2 Å². The van der Waals surface area contributed by atoms with Gasteiger partial charge in [0.15, 0.2) is 0 Å². The first-order valence-corrected chi connectivity index (χ1v) is 9.98. The quantitative estimate of drug-likeness (QED) is 0.646. The fraction of sp³-hybridized carbons (Fsp3) is 0.250. The number of amides is 1. The van der Waals surface area contributed by atoms with Gasteiger partial charge in [0.25, 0.3) is 5.91 Å². The number of methoxy groups -OCH3 is 1. The molecule has 0 atom stereocenters. The second-order valence-corrected chi connectivity index (χ2v) is 7.76. The van der Waals surface area contributed by atoms with Crippen LogP contribution in [0.2, 0.25) is 0 Å². The Labute approximate surface area is 160 Å². The standard InChI is InChI=1S/C20H24N2O4S/c1-4-11-22-27(24,25)18-7-5-6-17(14-18)20(23)21-12-10-16-13-15(2)8-9-19(16)26-3/h4-9,13-14,22H,1,10-12H2,2-3H3,(H,21,23). The molecule has 0 radical (unpaired) electrons. The van der Waals surface area contributed by atoms with Crippen LogP contribution in [0.1, 0.15) is 21.5 Å². The third-order valence-corrected chi connectivity index (χ3v) is 5.36. The Morgan fingerprint density at radius 1 is 1.22 bits per heavy atom. The molecule has 0 fully saturated rings. The molecule has 0 aliphatic carbocycles. The topological polar surface area (TPSA) is 84.5 Å². The number of rotatable bonds is 9. The summed E-state index contributed by atoms with van der Waals surface area (Å²) in [4.78, 5) is 12.4. The van der Waals surface area contributed by atoms with Crippen LogP contribution < -0.4 is 14.8 Å². The predicted octanol–water partition coefficient (Wildman–Crippen LogP) is 2.44. The first-order chi connectivity index (χ1) is 12.9. The second kappa shape index (κ2) is 9.34. The molecular weight excluding hydrogens is 364 g/mol. The first-order valence-electron chi connectivity index (χ1n) is 8.49. The van der Waals surface area contributed by atoms with Gasteiger partial charge in [0.05, 0.1) is 12.0 Å². The Kier molecular flexibility index (Phi) is 7.15. The predicted molar refractivity (Wildman–Crippen MR) is 106 cm³/mol. The lowest BCUT2D eigenvalue weighted by Gasteiger charge is -2.11. The van der Waals surface area contributed by atoms with E-state index in [1.807, 2.05) is 25.1 Å². The molecule has 1 amide bonds. The van der Waals surface area contributed by atoms with Crippen molar-refractivity contribution in [3.63, 3.8) is 0 Å². The summed E-state index contributed by atoms with van der Waals surface area (Å²) in [6.45, 7) is 6.00. The molecular formula is C20H24N2O4S. The molecule has 0 saturated heterocycles. The summed E-state index contributed by atoms with van der Waals surface area (Å²) in [5.41, 5.74) is 2.40. The zero-order valence-corrected chi connectivity index (χ0v) is 16.3. The Hall–Kier alpha value is -2.64. The van der Waals surface area contributed by atoms with Crippen LogP contribution in [0.3, 0.4) is 0 Å². The number of ether oxygens (including phenoxy) is 1. The smallest absolute Gasteiger partial charge is 0.251 e. The van der Waals surface area contributed by atoms with Gasteiger partial charge in [-0.05, 0) is 43.2 Å². The van der Waals surface area contributed by atoms with Crippen molar-refractivity contribution in [2.45, 2.75) is 18.2 Å². The van der Waals surface area contributed by atoms with Gasteiger partial charge in [0, 0.05) is 18.7 Å². The van der Waals surface area contributed by atoms with Crippen LogP contribution in [-0.4, -0.2) is 34.5 Å². The number of sulfonamides is 1. The molecule has 2 rings (SSSR count). The van der Waals surface area contributed by atoms with E-state index in [4.69, 9.17) is 4.74 Å². The summed E-state index contributed by atoms with van der Waals surface area (Å²) in [7, 11) is -2.06. The molecule has 0 aromatic heterocycles. The van der Waals surface area contributed by atoms with Gasteiger partial charge in [-0.3, -0.25) is 4.79 Å². The average molecular weight is 388 g/mol. The minimum atomic E-state index is -3.67. The molecule has 0 aliphatic rings. The molecule has 7 heteroatoms. The number of carbonyl (C=O) groups is 1. The molecule has 0 aliphatic heterocycles. The molecule has 0 spiro atoms. The number of carbonyl (C=O) groups excluding carboxylic acids is 1. The third kappa shape index (κ3) is 5.67. The minimum absolute atomic E-state index is 0.0392. The lowest BCUT2D eigenvalue weighted by atomic mass is 10.1. The van der Waals surface area contributed by atoms with Gasteiger partial charge in [0.2, 0.25) is 10.0 Å². The van der Waals surface area contributed by atoms with Crippen LogP contribution >= 0.6 is 0 Å². The van der Waals surface area contributed by atoms with E-state index in [-0.39, 0.29) is 22.9 Å². The van der Waals surface area contributed by atoms with Gasteiger partial charge in [-0.15, -0.1) is 6.58 Å². The van der Waals surface area contributed by atoms with Crippen LogP contribution in [0, 0.1) is 6.92 Å². The van der Waals surface area contributed by atoms with Crippen LogP contribution in [0.15, 0.2) is 60.0 Å². The first kappa shape index (κ1) is 20.7. The van der Waals surface area contributed by atoms with Crippen LogP contribution in [0.5, 0.6) is 5.75 Å². The van der Waals surface area contributed by atoms with Crippen molar-refractivity contribution in [3.8, 4) is 5.75 Å². The number of aryl methyl sites for hydroxylation is 1. The SMILES string of the molecule is C=CCNS(=O)(=O)c1cccc(C(=O)NCCc2cc(C)ccc2OC)c1. The van der Waals surface area contributed by atoms with Crippen LogP contribution in [0.4, 0.5) is 0 Å². The molecule has 0 saturated carbocycles. The van der Waals surface area contributed by atoms with Gasteiger partial charge in [-0.1, -0.05) is 29.8 Å². The highest BCUT2D eigenvalue weighted by Gasteiger charge is 2.15. The number of benzene rings is 2. The van der Waals surface area contributed by atoms with Gasteiger partial charge in [0.1, 0.15) is 5.75 Å². The number of hydrogen-bond donors (Lipinski definition) is 2. The summed E-state index contributed by atoms with van der Waals surface area (Å²) in [6.07, 6.45) is 2.06. The molecule has 0 heterocycles. The Bertz CT molecular complexity index is 923. The Morgan fingerprint density at radius 3 is 2.70 bits per heavy atom. The van der Waals surface area contributed by atoms with E-state index >= 15 is 0 Å². The van der Waals surface area contributed by atoms with Gasteiger partial charge in [-0.2, -0.15) is 0 Å². The number of nitrogens with one attached hydrogen (secondary N) is 2. The maximum atomic E-state index is 12.4. The third-order valence-electron chi connectivity index (χ3n) is 3.94. The summed E-state index contributed by atoms with van der Waals surface area (Å²) in [5.74, 6) is 0.443. The maximum absolute atomic E-state index is 12.4. The van der Waals surface area contributed by atoms with Crippen molar-refractivity contribution in [1.29, 1.82) is 0 Å². The lowest BCUT2D eigenvalue weighted by Crippen LogP contribution is -2.27. The highest BCUT2D eigenvalue weighted by molar-refractivity contribution is 7.89. The van der Waals surface area contributed by atoms with Crippen molar-refractivity contribution in [2.24, 2.45) is 0 Å². The summed E-state index contributed by atoms with van der Waals surface area (Å²) >= 11 is 0. The molecule has 2 aromatic carbocycles. The van der Waals surface area contributed by atoms with Crippen molar-refractivity contribution < 1.29 is 17.9 Å². The molecule has 0 unspecified atom stereocenters. The lowest BCUT2D eigenvalue weighted by molar-refractivity contribution is 0.0954. The highest BCUT2D eigenvalue weighted by Crippen LogP contribution is 2.20. The molecule has 6 nitrogen and oxygen atoms in total. The van der Waals surface area contributed by atoms with Gasteiger partial charge in [-0.25, -0.2) is 13.1 Å². The van der Waals surface area contributed by atoms with E-state index in [2.05, 4.69) is 16.6 Å². The van der Waals surface area contributed by atoms with E-state index in [9.17, 15) is 13.2 Å². The van der Waals surface area contributed by atoms with Gasteiger partial charge >= 0.3 is 0 Å². The van der Waals surface area contributed by atoms with Crippen LogP contribution in [-0.2, 0) is 16.4 Å². The zero-order chi connectivity index (χ0) is 19.9. The second-order valence-electron chi connectivity index (χ2n) is 5.99. The van der Waals surface area contributed by atoms with Crippen molar-refractivity contribution >= 4 is 15.9 Å². The van der Waals surface area contributed by atoms with Crippen molar-refractivity contribution in [3.05, 3.63) is 71.8 Å². The largest absolute Gasteiger partial charge is 0.496 e.